The Morgan fingerprint density at radius 2 is 2.05 bits per heavy atom. The SMILES string of the molecule is CC(C)(CCC#N)CNc1cccc(N2CCCC2)c1. The summed E-state index contributed by atoms with van der Waals surface area (Å²) in [7, 11) is 0. The van der Waals surface area contributed by atoms with E-state index in [0.29, 0.717) is 6.42 Å². The summed E-state index contributed by atoms with van der Waals surface area (Å²) in [4.78, 5) is 2.45. The first-order valence-electron chi connectivity index (χ1n) is 7.57. The lowest BCUT2D eigenvalue weighted by Crippen LogP contribution is -2.23. The molecule has 0 atom stereocenters. The molecule has 0 spiro atoms. The first kappa shape index (κ1) is 14.7. The van der Waals surface area contributed by atoms with E-state index in [1.807, 2.05) is 0 Å². The summed E-state index contributed by atoms with van der Waals surface area (Å²) in [5.41, 5.74) is 2.65. The molecule has 0 amide bonds. The fourth-order valence-electron chi connectivity index (χ4n) is 2.61. The van der Waals surface area contributed by atoms with Crippen LogP contribution < -0.4 is 10.2 Å². The Balaban J connectivity index is 1.92. The average Bonchev–Trinajstić information content (AvgIpc) is 2.98. The van der Waals surface area contributed by atoms with Crippen LogP contribution in [0.2, 0.25) is 0 Å². The fourth-order valence-corrected chi connectivity index (χ4v) is 2.61. The number of hydrogen-bond donors (Lipinski definition) is 1. The maximum atomic E-state index is 8.70. The highest BCUT2D eigenvalue weighted by atomic mass is 15.1. The van der Waals surface area contributed by atoms with Crippen LogP contribution >= 0.6 is 0 Å². The van der Waals surface area contributed by atoms with Gasteiger partial charge in [-0.15, -0.1) is 0 Å². The smallest absolute Gasteiger partial charge is 0.0621 e. The molecule has 1 N–H and O–H groups in total. The summed E-state index contributed by atoms with van der Waals surface area (Å²) in [6.45, 7) is 7.68. The van der Waals surface area contributed by atoms with Gasteiger partial charge in [-0.3, -0.25) is 0 Å². The zero-order valence-corrected chi connectivity index (χ0v) is 12.7. The predicted octanol–water partition coefficient (Wildman–Crippen LogP) is 4.03. The van der Waals surface area contributed by atoms with Gasteiger partial charge in [0.1, 0.15) is 0 Å². The lowest BCUT2D eigenvalue weighted by molar-refractivity contribution is 0.364. The van der Waals surface area contributed by atoms with Crippen molar-refractivity contribution >= 4 is 11.4 Å². The minimum Gasteiger partial charge on any atom is -0.384 e. The normalized spacial score (nSPS) is 15.2. The van der Waals surface area contributed by atoms with Gasteiger partial charge in [-0.25, -0.2) is 0 Å². The molecule has 0 aliphatic carbocycles. The molecule has 1 aromatic carbocycles. The first-order valence-corrected chi connectivity index (χ1v) is 7.57. The van der Waals surface area contributed by atoms with Gasteiger partial charge in [-0.05, 0) is 42.9 Å². The molecule has 1 fully saturated rings. The highest BCUT2D eigenvalue weighted by molar-refractivity contribution is 5.58. The number of benzene rings is 1. The number of rotatable bonds is 6. The average molecular weight is 271 g/mol. The van der Waals surface area contributed by atoms with Gasteiger partial charge in [0.25, 0.3) is 0 Å². The van der Waals surface area contributed by atoms with Crippen LogP contribution in [-0.2, 0) is 0 Å². The summed E-state index contributed by atoms with van der Waals surface area (Å²) in [5.74, 6) is 0. The Morgan fingerprint density at radius 1 is 1.30 bits per heavy atom. The molecule has 1 aliphatic heterocycles. The minimum absolute atomic E-state index is 0.152. The number of anilines is 2. The quantitative estimate of drug-likeness (QED) is 0.849. The second-order valence-corrected chi connectivity index (χ2v) is 6.42. The van der Waals surface area contributed by atoms with Gasteiger partial charge in [0.15, 0.2) is 0 Å². The second kappa shape index (κ2) is 6.65. The maximum Gasteiger partial charge on any atom is 0.0621 e. The lowest BCUT2D eigenvalue weighted by Gasteiger charge is -2.25. The summed E-state index contributed by atoms with van der Waals surface area (Å²) < 4.78 is 0. The van der Waals surface area contributed by atoms with Crippen molar-refractivity contribution in [3.63, 3.8) is 0 Å². The van der Waals surface area contributed by atoms with E-state index in [-0.39, 0.29) is 5.41 Å². The molecule has 3 heteroatoms. The molecule has 1 aliphatic rings. The number of nitriles is 1. The van der Waals surface area contributed by atoms with E-state index >= 15 is 0 Å². The van der Waals surface area contributed by atoms with Gasteiger partial charge in [0, 0.05) is 37.4 Å². The third kappa shape index (κ3) is 4.16. The van der Waals surface area contributed by atoms with Crippen molar-refractivity contribution in [2.24, 2.45) is 5.41 Å². The van der Waals surface area contributed by atoms with Gasteiger partial charge < -0.3 is 10.2 Å². The lowest BCUT2D eigenvalue weighted by atomic mass is 9.88. The second-order valence-electron chi connectivity index (χ2n) is 6.42. The fraction of sp³-hybridized carbons (Fsp3) is 0.588. The molecule has 3 nitrogen and oxygen atoms in total. The van der Waals surface area contributed by atoms with E-state index in [9.17, 15) is 0 Å². The molecule has 1 heterocycles. The molecular weight excluding hydrogens is 246 g/mol. The maximum absolute atomic E-state index is 8.70. The number of hydrogen-bond acceptors (Lipinski definition) is 3. The predicted molar refractivity (Wildman–Crippen MR) is 85.0 cm³/mol. The van der Waals surface area contributed by atoms with Crippen molar-refractivity contribution in [3.05, 3.63) is 24.3 Å². The molecule has 1 aromatic rings. The van der Waals surface area contributed by atoms with Gasteiger partial charge in [0.05, 0.1) is 6.07 Å². The van der Waals surface area contributed by atoms with E-state index in [0.717, 1.165) is 13.0 Å². The van der Waals surface area contributed by atoms with Crippen LogP contribution in [-0.4, -0.2) is 19.6 Å². The van der Waals surface area contributed by atoms with E-state index in [1.165, 1.54) is 37.3 Å². The highest BCUT2D eigenvalue weighted by Gasteiger charge is 2.17. The minimum atomic E-state index is 0.152. The van der Waals surface area contributed by atoms with Gasteiger partial charge >= 0.3 is 0 Å². The van der Waals surface area contributed by atoms with Gasteiger partial charge in [-0.2, -0.15) is 5.26 Å². The van der Waals surface area contributed by atoms with Crippen LogP contribution in [0.3, 0.4) is 0 Å². The van der Waals surface area contributed by atoms with E-state index in [2.05, 4.69) is 54.4 Å². The van der Waals surface area contributed by atoms with E-state index in [4.69, 9.17) is 5.26 Å². The van der Waals surface area contributed by atoms with Crippen LogP contribution in [0.15, 0.2) is 24.3 Å². The molecule has 108 valence electrons. The van der Waals surface area contributed by atoms with Crippen LogP contribution in [0.1, 0.15) is 39.5 Å². The Kier molecular flexibility index (Phi) is 4.89. The number of nitrogens with one attached hydrogen (secondary N) is 1. The molecule has 2 rings (SSSR count). The molecule has 0 bridgehead atoms. The van der Waals surface area contributed by atoms with Crippen LogP contribution in [0.5, 0.6) is 0 Å². The molecule has 20 heavy (non-hydrogen) atoms. The summed E-state index contributed by atoms with van der Waals surface area (Å²) in [6.07, 6.45) is 4.17. The number of nitrogens with zero attached hydrogens (tertiary/aromatic N) is 2. The van der Waals surface area contributed by atoms with Crippen LogP contribution in [0, 0.1) is 16.7 Å². The van der Waals surface area contributed by atoms with Gasteiger partial charge in [0.2, 0.25) is 0 Å². The Hall–Kier alpha value is -1.69. The zero-order chi connectivity index (χ0) is 14.4. The van der Waals surface area contributed by atoms with E-state index < -0.39 is 0 Å². The van der Waals surface area contributed by atoms with Crippen molar-refractivity contribution in [1.82, 2.24) is 0 Å². The Labute approximate surface area is 122 Å². The third-order valence-electron chi connectivity index (χ3n) is 4.00. The van der Waals surface area contributed by atoms with Gasteiger partial charge in [-0.1, -0.05) is 19.9 Å². The first-order chi connectivity index (χ1) is 9.61. The van der Waals surface area contributed by atoms with Crippen LogP contribution in [0.25, 0.3) is 0 Å². The monoisotopic (exact) mass is 271 g/mol. The van der Waals surface area contributed by atoms with Crippen molar-refractivity contribution < 1.29 is 0 Å². The zero-order valence-electron chi connectivity index (χ0n) is 12.7. The third-order valence-corrected chi connectivity index (χ3v) is 4.00. The molecule has 0 radical (unpaired) electrons. The van der Waals surface area contributed by atoms with Crippen LogP contribution in [0.4, 0.5) is 11.4 Å². The van der Waals surface area contributed by atoms with Crippen molar-refractivity contribution in [2.45, 2.75) is 39.5 Å². The molecule has 0 unspecified atom stereocenters. The molecule has 0 saturated carbocycles. The van der Waals surface area contributed by atoms with Crippen molar-refractivity contribution in [2.75, 3.05) is 29.9 Å². The largest absolute Gasteiger partial charge is 0.384 e. The molecule has 1 saturated heterocycles. The topological polar surface area (TPSA) is 39.1 Å². The molecular formula is C17H25N3. The standard InChI is InChI=1S/C17H25N3/c1-17(2,9-6-10-18)14-19-15-7-5-8-16(13-15)20-11-3-4-12-20/h5,7-8,13,19H,3-4,6,9,11-12,14H2,1-2H3. The summed E-state index contributed by atoms with van der Waals surface area (Å²) in [6, 6.07) is 10.9. The Bertz CT molecular complexity index is 467. The molecule has 0 aromatic heterocycles. The van der Waals surface area contributed by atoms with Crippen molar-refractivity contribution in [3.8, 4) is 6.07 Å². The summed E-state index contributed by atoms with van der Waals surface area (Å²) in [5, 5.41) is 12.2. The summed E-state index contributed by atoms with van der Waals surface area (Å²) >= 11 is 0. The van der Waals surface area contributed by atoms with E-state index in [1.54, 1.807) is 0 Å². The Morgan fingerprint density at radius 3 is 2.75 bits per heavy atom. The highest BCUT2D eigenvalue weighted by Crippen LogP contribution is 2.26. The van der Waals surface area contributed by atoms with Crippen molar-refractivity contribution in [1.29, 1.82) is 5.26 Å².